The van der Waals surface area contributed by atoms with Crippen LogP contribution in [0.15, 0.2) is 47.7 Å². The summed E-state index contributed by atoms with van der Waals surface area (Å²) in [6.45, 7) is 2.01. The van der Waals surface area contributed by atoms with Gasteiger partial charge in [-0.3, -0.25) is 9.78 Å². The number of alkyl halides is 3. The number of hydrogen-bond donors (Lipinski definition) is 1. The summed E-state index contributed by atoms with van der Waals surface area (Å²) in [6, 6.07) is 6.27. The molecule has 0 bridgehead atoms. The number of azide groups is 1. The number of carbonyl (C=O) groups excluding carboxylic acids is 1. The van der Waals surface area contributed by atoms with Gasteiger partial charge in [-0.25, -0.2) is 4.98 Å². The monoisotopic (exact) mass is 561 g/mol. The molecule has 3 aromatic rings. The minimum absolute atomic E-state index is 0.0747. The number of nitrogens with one attached hydrogen (secondary N) is 1. The maximum atomic E-state index is 14.2. The number of aromatic nitrogens is 2. The number of rotatable bonds is 8. The highest BCUT2D eigenvalue weighted by molar-refractivity contribution is 7.94. The van der Waals surface area contributed by atoms with Crippen LogP contribution in [0.2, 0.25) is 0 Å². The van der Waals surface area contributed by atoms with Gasteiger partial charge in [0.2, 0.25) is 11.8 Å². The molecule has 1 aliphatic heterocycles. The van der Waals surface area contributed by atoms with Crippen molar-refractivity contribution in [2.75, 3.05) is 31.8 Å². The van der Waals surface area contributed by atoms with E-state index in [0.29, 0.717) is 52.6 Å². The fourth-order valence-corrected chi connectivity index (χ4v) is 5.23. The Morgan fingerprint density at radius 1 is 1.31 bits per heavy atom. The van der Waals surface area contributed by atoms with Crippen LogP contribution in [0.3, 0.4) is 0 Å². The van der Waals surface area contributed by atoms with Gasteiger partial charge in [0.15, 0.2) is 6.04 Å². The Morgan fingerprint density at radius 3 is 2.67 bits per heavy atom. The van der Waals surface area contributed by atoms with E-state index in [2.05, 4.69) is 25.3 Å². The maximum absolute atomic E-state index is 14.2. The van der Waals surface area contributed by atoms with Gasteiger partial charge in [0.05, 0.1) is 48.6 Å². The van der Waals surface area contributed by atoms with Crippen molar-refractivity contribution < 1.29 is 26.9 Å². The molecule has 14 heteroatoms. The van der Waals surface area contributed by atoms with E-state index in [4.69, 9.17) is 14.5 Å². The topological polar surface area (TPSA) is 125 Å². The van der Waals surface area contributed by atoms with Crippen molar-refractivity contribution in [3.8, 4) is 5.88 Å². The third kappa shape index (κ3) is 6.29. The number of pyridine rings is 2. The number of anilines is 2. The molecule has 1 aliphatic rings. The second-order valence-corrected chi connectivity index (χ2v) is 9.72. The van der Waals surface area contributed by atoms with Crippen molar-refractivity contribution >= 4 is 40.4 Å². The molecule has 1 amide bonds. The van der Waals surface area contributed by atoms with Crippen molar-refractivity contribution in [2.45, 2.75) is 31.6 Å². The lowest BCUT2D eigenvalue weighted by Gasteiger charge is -2.33. The van der Waals surface area contributed by atoms with Crippen LogP contribution in [0, 0.1) is 5.92 Å². The number of amides is 1. The van der Waals surface area contributed by atoms with E-state index in [9.17, 15) is 18.0 Å². The van der Waals surface area contributed by atoms with Crippen molar-refractivity contribution in [3.63, 3.8) is 0 Å². The van der Waals surface area contributed by atoms with Gasteiger partial charge in [-0.15, -0.1) is 0 Å². The van der Waals surface area contributed by atoms with Crippen molar-refractivity contribution in [3.05, 3.63) is 64.2 Å². The maximum Gasteiger partial charge on any atom is 0.413 e. The van der Waals surface area contributed by atoms with Gasteiger partial charge in [0.25, 0.3) is 0 Å². The van der Waals surface area contributed by atoms with E-state index in [-0.39, 0.29) is 5.56 Å². The molecule has 39 heavy (non-hydrogen) atoms. The second-order valence-electron chi connectivity index (χ2n) is 8.92. The molecule has 10 nitrogen and oxygen atoms in total. The lowest BCUT2D eigenvalue weighted by Crippen LogP contribution is -2.43. The zero-order chi connectivity index (χ0) is 28.2. The third-order valence-corrected chi connectivity index (χ3v) is 7.25. The first-order valence-corrected chi connectivity index (χ1v) is 12.9. The van der Waals surface area contributed by atoms with E-state index in [1.54, 1.807) is 25.3 Å². The Balaban J connectivity index is 1.65. The minimum Gasteiger partial charge on any atom is -0.481 e. The smallest absolute Gasteiger partial charge is 0.413 e. The summed E-state index contributed by atoms with van der Waals surface area (Å²) in [5, 5.41) is 6.95. The molecule has 2 unspecified atom stereocenters. The average molecular weight is 562 g/mol. The van der Waals surface area contributed by atoms with Crippen LogP contribution in [-0.4, -0.2) is 53.5 Å². The highest BCUT2D eigenvalue weighted by atomic mass is 32.2. The molecule has 0 radical (unpaired) electrons. The molecule has 0 saturated carbocycles. The normalized spacial score (nSPS) is 17.1. The van der Waals surface area contributed by atoms with Crippen LogP contribution in [0.4, 0.5) is 24.5 Å². The Labute approximate surface area is 226 Å². The van der Waals surface area contributed by atoms with Crippen molar-refractivity contribution in [2.24, 2.45) is 11.0 Å². The van der Waals surface area contributed by atoms with Crippen LogP contribution >= 0.6 is 12.0 Å². The Kier molecular flexibility index (Phi) is 8.68. The SMILES string of the molecule is COc1ccc2ncc(Nc3ccc([C@H](N(C)C(=O)C4CCOSC4)C(F)(F)F)cc3)c(C(C)N=[N+]=[N-])c2n1. The Morgan fingerprint density at radius 2 is 2.05 bits per heavy atom. The number of methoxy groups -OCH3 is 1. The van der Waals surface area contributed by atoms with E-state index < -0.39 is 30.1 Å². The van der Waals surface area contributed by atoms with Crippen LogP contribution in [0.1, 0.15) is 36.6 Å². The summed E-state index contributed by atoms with van der Waals surface area (Å²) < 4.78 is 52.8. The number of fused-ring (bicyclic) bond motifs is 1. The van der Waals surface area contributed by atoms with Gasteiger partial charge in [-0.1, -0.05) is 24.2 Å². The number of hydrogen-bond acceptors (Lipinski definition) is 8. The number of benzene rings is 1. The quantitative estimate of drug-likeness (QED) is 0.144. The van der Waals surface area contributed by atoms with E-state index in [1.807, 2.05) is 0 Å². The third-order valence-electron chi connectivity index (χ3n) is 6.38. The summed E-state index contributed by atoms with van der Waals surface area (Å²) in [6.07, 6.45) is -2.76. The Hall–Kier alpha value is -3.74. The molecule has 1 aromatic carbocycles. The van der Waals surface area contributed by atoms with Gasteiger partial charge in [0, 0.05) is 35.0 Å². The molecular weight excluding hydrogens is 535 g/mol. The second kappa shape index (κ2) is 12.0. The average Bonchev–Trinajstić information content (AvgIpc) is 2.93. The summed E-state index contributed by atoms with van der Waals surface area (Å²) in [7, 11) is 2.65. The number of carbonyl (C=O) groups is 1. The first kappa shape index (κ1) is 28.3. The lowest BCUT2D eigenvalue weighted by atomic mass is 10.0. The molecule has 0 aliphatic carbocycles. The number of halogens is 3. The zero-order valence-electron chi connectivity index (χ0n) is 21.3. The van der Waals surface area contributed by atoms with Crippen LogP contribution in [-0.2, 0) is 8.98 Å². The highest BCUT2D eigenvalue weighted by Crippen LogP contribution is 2.39. The molecule has 3 heterocycles. The molecule has 3 atom stereocenters. The fourth-order valence-electron chi connectivity index (χ4n) is 4.45. The molecule has 2 aromatic heterocycles. The fraction of sp³-hybridized carbons (Fsp3) is 0.400. The summed E-state index contributed by atoms with van der Waals surface area (Å²) in [5.41, 5.74) is 11.4. The summed E-state index contributed by atoms with van der Waals surface area (Å²) >= 11 is 1.10. The van der Waals surface area contributed by atoms with Crippen LogP contribution in [0.25, 0.3) is 21.5 Å². The van der Waals surface area contributed by atoms with Crippen LogP contribution in [0.5, 0.6) is 5.88 Å². The van der Waals surface area contributed by atoms with Gasteiger partial charge < -0.3 is 19.1 Å². The van der Waals surface area contributed by atoms with E-state index in [1.165, 1.54) is 38.4 Å². The predicted molar refractivity (Wildman–Crippen MR) is 141 cm³/mol. The van der Waals surface area contributed by atoms with Gasteiger partial charge in [0.1, 0.15) is 0 Å². The molecular formula is C25H26F3N7O3S. The molecule has 1 fully saturated rings. The first-order chi connectivity index (χ1) is 18.6. The summed E-state index contributed by atoms with van der Waals surface area (Å²) in [4.78, 5) is 25.4. The van der Waals surface area contributed by atoms with Gasteiger partial charge >= 0.3 is 6.18 Å². The number of nitrogens with zero attached hydrogens (tertiary/aromatic N) is 6. The largest absolute Gasteiger partial charge is 0.481 e. The van der Waals surface area contributed by atoms with Crippen LogP contribution < -0.4 is 10.1 Å². The molecule has 206 valence electrons. The standard InChI is InChI=1S/C25H26F3N7O3S/c1-14(33-34-29)21-19(12-30-18-8-9-20(37-3)32-22(18)21)31-17-6-4-15(5-7-17)23(25(26,27)28)35(2)24(36)16-10-11-38-39-13-16/h4-9,12,14,16,23,31H,10-11,13H2,1-3H3/t14?,16?,23-/m0/s1. The molecule has 1 N–H and O–H groups in total. The predicted octanol–water partition coefficient (Wildman–Crippen LogP) is 6.50. The Bertz CT molecular complexity index is 1380. The zero-order valence-corrected chi connectivity index (χ0v) is 22.2. The summed E-state index contributed by atoms with van der Waals surface area (Å²) in [5.74, 6) is -0.453. The molecule has 1 saturated heterocycles. The minimum atomic E-state index is -4.68. The first-order valence-electron chi connectivity index (χ1n) is 12.0. The van der Waals surface area contributed by atoms with Gasteiger partial charge in [-0.2, -0.15) is 13.2 Å². The highest BCUT2D eigenvalue weighted by Gasteiger charge is 2.46. The lowest BCUT2D eigenvalue weighted by molar-refractivity contribution is -0.190. The number of ether oxygens (including phenoxy) is 1. The van der Waals surface area contributed by atoms with E-state index in [0.717, 1.165) is 16.9 Å². The molecule has 0 spiro atoms. The van der Waals surface area contributed by atoms with Crippen molar-refractivity contribution in [1.29, 1.82) is 0 Å². The molecule has 4 rings (SSSR count). The van der Waals surface area contributed by atoms with E-state index >= 15 is 0 Å². The van der Waals surface area contributed by atoms with Crippen molar-refractivity contribution in [1.82, 2.24) is 14.9 Å². The van der Waals surface area contributed by atoms with Gasteiger partial charge in [-0.05, 0) is 47.8 Å².